The molecule has 1 aromatic carbocycles. The van der Waals surface area contributed by atoms with Gasteiger partial charge >= 0.3 is 6.03 Å². The number of anilines is 1. The van der Waals surface area contributed by atoms with Gasteiger partial charge in [-0.15, -0.1) is 0 Å². The van der Waals surface area contributed by atoms with Crippen molar-refractivity contribution in [2.24, 2.45) is 0 Å². The molecule has 1 fully saturated rings. The molecule has 2 rings (SSSR count). The highest BCUT2D eigenvalue weighted by Gasteiger charge is 2.18. The molecule has 3 N–H and O–H groups in total. The molecule has 4 amide bonds. The molecule has 0 aromatic heterocycles. The third kappa shape index (κ3) is 7.65. The molecular weight excluding hydrogens is 348 g/mol. The zero-order chi connectivity index (χ0) is 19.6. The van der Waals surface area contributed by atoms with Gasteiger partial charge in [-0.2, -0.15) is 0 Å². The summed E-state index contributed by atoms with van der Waals surface area (Å²) in [5.74, 6) is -0.0605. The summed E-state index contributed by atoms with van der Waals surface area (Å²) in [7, 11) is 3.20. The Bertz CT molecular complexity index is 659. The van der Waals surface area contributed by atoms with Gasteiger partial charge < -0.3 is 15.4 Å². The number of amides is 4. The highest BCUT2D eigenvalue weighted by atomic mass is 16.5. The molecule has 1 saturated carbocycles. The van der Waals surface area contributed by atoms with Crippen LogP contribution in [-0.4, -0.2) is 56.0 Å². The first-order valence-electron chi connectivity index (χ1n) is 9.19. The van der Waals surface area contributed by atoms with Crippen LogP contribution in [0.15, 0.2) is 24.3 Å². The van der Waals surface area contributed by atoms with Gasteiger partial charge in [-0.05, 0) is 32.0 Å². The van der Waals surface area contributed by atoms with Gasteiger partial charge in [-0.1, -0.05) is 25.3 Å². The van der Waals surface area contributed by atoms with Crippen molar-refractivity contribution in [1.29, 1.82) is 0 Å². The first-order valence-corrected chi connectivity index (χ1v) is 9.19. The molecule has 0 radical (unpaired) electrons. The molecule has 1 aliphatic carbocycles. The van der Waals surface area contributed by atoms with Crippen molar-refractivity contribution in [3.05, 3.63) is 24.3 Å². The monoisotopic (exact) mass is 376 g/mol. The van der Waals surface area contributed by atoms with Gasteiger partial charge in [0.25, 0.3) is 0 Å². The van der Waals surface area contributed by atoms with Crippen molar-refractivity contribution in [2.75, 3.05) is 32.6 Å². The number of likely N-dealkylation sites (N-methyl/N-ethyl adjacent to an activating group) is 1. The fourth-order valence-corrected chi connectivity index (χ4v) is 3.08. The predicted molar refractivity (Wildman–Crippen MR) is 103 cm³/mol. The van der Waals surface area contributed by atoms with E-state index in [4.69, 9.17) is 4.74 Å². The van der Waals surface area contributed by atoms with Gasteiger partial charge in [-0.3, -0.25) is 19.8 Å². The molecule has 0 heterocycles. The maximum atomic E-state index is 12.1. The maximum absolute atomic E-state index is 12.1. The Morgan fingerprint density at radius 1 is 1.11 bits per heavy atom. The Hall–Kier alpha value is -2.61. The topological polar surface area (TPSA) is 99.8 Å². The van der Waals surface area contributed by atoms with E-state index in [9.17, 15) is 14.4 Å². The number of benzene rings is 1. The number of nitrogens with zero attached hydrogens (tertiary/aromatic N) is 1. The Morgan fingerprint density at radius 3 is 2.52 bits per heavy atom. The van der Waals surface area contributed by atoms with Gasteiger partial charge in [0.1, 0.15) is 5.75 Å². The van der Waals surface area contributed by atoms with Crippen molar-refractivity contribution in [2.45, 2.75) is 38.1 Å². The Labute approximate surface area is 159 Å². The fraction of sp³-hybridized carbons (Fsp3) is 0.526. The number of imide groups is 1. The van der Waals surface area contributed by atoms with E-state index in [-0.39, 0.29) is 25.0 Å². The van der Waals surface area contributed by atoms with Gasteiger partial charge in [0, 0.05) is 17.8 Å². The summed E-state index contributed by atoms with van der Waals surface area (Å²) in [6.45, 7) is -0.0293. The second-order valence-corrected chi connectivity index (χ2v) is 6.81. The zero-order valence-corrected chi connectivity index (χ0v) is 15.9. The lowest BCUT2D eigenvalue weighted by atomic mass is 9.96. The van der Waals surface area contributed by atoms with Crippen LogP contribution in [0.25, 0.3) is 0 Å². The molecule has 8 nitrogen and oxygen atoms in total. The molecule has 0 saturated heterocycles. The Morgan fingerprint density at radius 2 is 1.81 bits per heavy atom. The van der Waals surface area contributed by atoms with Crippen LogP contribution >= 0.6 is 0 Å². The molecule has 0 atom stereocenters. The number of urea groups is 1. The first kappa shape index (κ1) is 20.7. The lowest BCUT2D eigenvalue weighted by Gasteiger charge is -2.23. The van der Waals surface area contributed by atoms with Gasteiger partial charge in [0.15, 0.2) is 0 Å². The molecule has 0 spiro atoms. The standard InChI is InChI=1S/C19H28N4O4/c1-23(12-17(24)20-15-9-6-10-16(11-15)27-2)13-18(25)22-19(26)21-14-7-4-3-5-8-14/h6,9-11,14H,3-5,7-8,12-13H2,1-2H3,(H,20,24)(H2,21,22,25,26). The van der Waals surface area contributed by atoms with Crippen molar-refractivity contribution in [1.82, 2.24) is 15.5 Å². The molecule has 27 heavy (non-hydrogen) atoms. The van der Waals surface area contributed by atoms with E-state index in [2.05, 4.69) is 16.0 Å². The van der Waals surface area contributed by atoms with Crippen LogP contribution in [0.4, 0.5) is 10.5 Å². The highest BCUT2D eigenvalue weighted by molar-refractivity contribution is 5.96. The predicted octanol–water partition coefficient (Wildman–Crippen LogP) is 1.72. The number of carbonyl (C=O) groups is 3. The van der Waals surface area contributed by atoms with Crippen molar-refractivity contribution in [3.63, 3.8) is 0 Å². The third-order valence-corrected chi connectivity index (χ3v) is 4.37. The molecule has 0 bridgehead atoms. The van der Waals surface area contributed by atoms with E-state index < -0.39 is 11.9 Å². The normalized spacial score (nSPS) is 14.5. The summed E-state index contributed by atoms with van der Waals surface area (Å²) < 4.78 is 5.11. The quantitative estimate of drug-likeness (QED) is 0.673. The molecular formula is C19H28N4O4. The molecule has 8 heteroatoms. The average molecular weight is 376 g/mol. The van der Waals surface area contributed by atoms with Crippen molar-refractivity contribution < 1.29 is 19.1 Å². The highest BCUT2D eigenvalue weighted by Crippen LogP contribution is 2.17. The first-order chi connectivity index (χ1) is 13.0. The smallest absolute Gasteiger partial charge is 0.321 e. The van der Waals surface area contributed by atoms with Crippen LogP contribution in [-0.2, 0) is 9.59 Å². The minimum atomic E-state index is -0.471. The van der Waals surface area contributed by atoms with Gasteiger partial charge in [0.05, 0.1) is 20.2 Å². The fourth-order valence-electron chi connectivity index (χ4n) is 3.08. The van der Waals surface area contributed by atoms with Gasteiger partial charge in [-0.25, -0.2) is 4.79 Å². The van der Waals surface area contributed by atoms with E-state index >= 15 is 0 Å². The summed E-state index contributed by atoms with van der Waals surface area (Å²) in [6, 6.07) is 6.68. The lowest BCUT2D eigenvalue weighted by molar-refractivity contribution is -0.122. The lowest BCUT2D eigenvalue weighted by Crippen LogP contribution is -2.48. The van der Waals surface area contributed by atoms with Crippen molar-refractivity contribution in [3.8, 4) is 5.75 Å². The number of hydrogen-bond acceptors (Lipinski definition) is 5. The summed E-state index contributed by atoms with van der Waals surface area (Å²) in [5, 5.41) is 7.89. The third-order valence-electron chi connectivity index (χ3n) is 4.37. The maximum Gasteiger partial charge on any atom is 0.321 e. The van der Waals surface area contributed by atoms with E-state index in [0.717, 1.165) is 25.7 Å². The second-order valence-electron chi connectivity index (χ2n) is 6.81. The summed E-state index contributed by atoms with van der Waals surface area (Å²) in [4.78, 5) is 37.5. The van der Waals surface area contributed by atoms with Gasteiger partial charge in [0.2, 0.25) is 11.8 Å². The SMILES string of the molecule is COc1cccc(NC(=O)CN(C)CC(=O)NC(=O)NC2CCCCC2)c1. The number of methoxy groups -OCH3 is 1. The van der Waals surface area contributed by atoms with Crippen LogP contribution in [0.5, 0.6) is 5.75 Å². The van der Waals surface area contributed by atoms with E-state index in [0.29, 0.717) is 11.4 Å². The molecule has 1 aliphatic rings. The van der Waals surface area contributed by atoms with E-state index in [1.807, 2.05) is 0 Å². The molecule has 0 aliphatic heterocycles. The van der Waals surface area contributed by atoms with Crippen LogP contribution in [0.3, 0.4) is 0 Å². The summed E-state index contributed by atoms with van der Waals surface area (Å²) >= 11 is 0. The minimum Gasteiger partial charge on any atom is -0.497 e. The largest absolute Gasteiger partial charge is 0.497 e. The average Bonchev–Trinajstić information content (AvgIpc) is 2.62. The van der Waals surface area contributed by atoms with Crippen LogP contribution in [0.1, 0.15) is 32.1 Å². The Kier molecular flexibility index (Phi) is 8.06. The molecule has 1 aromatic rings. The van der Waals surface area contributed by atoms with Crippen LogP contribution < -0.4 is 20.7 Å². The number of ether oxygens (including phenoxy) is 1. The summed E-state index contributed by atoms with van der Waals surface area (Å²) in [5.41, 5.74) is 0.615. The number of hydrogen-bond donors (Lipinski definition) is 3. The van der Waals surface area contributed by atoms with E-state index in [1.165, 1.54) is 6.42 Å². The molecule has 148 valence electrons. The second kappa shape index (κ2) is 10.5. The minimum absolute atomic E-state index is 0.0227. The molecule has 0 unspecified atom stereocenters. The number of carbonyl (C=O) groups excluding carboxylic acids is 3. The van der Waals surface area contributed by atoms with E-state index in [1.54, 1.807) is 43.3 Å². The zero-order valence-electron chi connectivity index (χ0n) is 15.9. The van der Waals surface area contributed by atoms with Crippen LogP contribution in [0.2, 0.25) is 0 Å². The summed E-state index contributed by atoms with van der Waals surface area (Å²) in [6.07, 6.45) is 5.30. The number of nitrogens with one attached hydrogen (secondary N) is 3. The number of rotatable bonds is 7. The van der Waals surface area contributed by atoms with Crippen LogP contribution in [0, 0.1) is 0 Å². The van der Waals surface area contributed by atoms with Crippen molar-refractivity contribution >= 4 is 23.5 Å². The Balaban J connectivity index is 1.70.